The van der Waals surface area contributed by atoms with Crippen molar-refractivity contribution >= 4 is 41.4 Å². The van der Waals surface area contributed by atoms with E-state index in [0.717, 1.165) is 0 Å². The van der Waals surface area contributed by atoms with E-state index in [-0.39, 0.29) is 0 Å². The molecule has 0 aliphatic rings. The minimum absolute atomic E-state index is 0.377. The van der Waals surface area contributed by atoms with E-state index in [9.17, 15) is 29.1 Å². The summed E-state index contributed by atoms with van der Waals surface area (Å²) in [6.45, 7) is 0.525. The molecule has 0 aromatic heterocycles. The standard InChI is InChI=1S/C15H27N5O7S/c1-7(12(23)19-9(15(26)27)5-11(17)22)18-14(25)10(6-21)20-13(24)8(16)3-4-28-2/h7-10,21H,3-6,16H2,1-2H3,(H2,17,22)(H,18,25)(H,19,23)(H,20,24)(H,26,27). The van der Waals surface area contributed by atoms with Crippen LogP contribution in [0.5, 0.6) is 0 Å². The number of nitrogens with one attached hydrogen (secondary N) is 3. The lowest BCUT2D eigenvalue weighted by molar-refractivity contribution is -0.143. The van der Waals surface area contributed by atoms with Crippen LogP contribution >= 0.6 is 11.8 Å². The molecule has 0 aromatic rings. The number of hydrogen-bond donors (Lipinski definition) is 7. The molecule has 0 heterocycles. The molecule has 13 heteroatoms. The number of primary amides is 1. The number of aliphatic hydroxyl groups excluding tert-OH is 1. The van der Waals surface area contributed by atoms with Crippen LogP contribution in [0.25, 0.3) is 0 Å². The topological polar surface area (TPSA) is 214 Å². The highest BCUT2D eigenvalue weighted by Crippen LogP contribution is 2.00. The number of aliphatic hydroxyl groups is 1. The Labute approximate surface area is 166 Å². The molecule has 4 amide bonds. The quantitative estimate of drug-likeness (QED) is 0.157. The predicted octanol–water partition coefficient (Wildman–Crippen LogP) is -3.51. The van der Waals surface area contributed by atoms with Gasteiger partial charge < -0.3 is 37.6 Å². The summed E-state index contributed by atoms with van der Waals surface area (Å²) in [5.74, 6) is -4.14. The Morgan fingerprint density at radius 1 is 1.00 bits per heavy atom. The third-order valence-electron chi connectivity index (χ3n) is 3.56. The van der Waals surface area contributed by atoms with Gasteiger partial charge in [0.1, 0.15) is 18.1 Å². The first kappa shape index (κ1) is 25.6. The van der Waals surface area contributed by atoms with Crippen LogP contribution < -0.4 is 27.4 Å². The zero-order chi connectivity index (χ0) is 21.9. The van der Waals surface area contributed by atoms with Crippen molar-refractivity contribution in [1.29, 1.82) is 0 Å². The Balaban J connectivity index is 4.77. The number of carboxylic acids is 1. The SMILES string of the molecule is CSCCC(N)C(=O)NC(CO)C(=O)NC(C)C(=O)NC(CC(N)=O)C(=O)O. The van der Waals surface area contributed by atoms with E-state index in [4.69, 9.17) is 16.6 Å². The number of carboxylic acid groups (broad SMARTS) is 1. The predicted molar refractivity (Wildman–Crippen MR) is 101 cm³/mol. The molecule has 0 saturated carbocycles. The van der Waals surface area contributed by atoms with E-state index < -0.39 is 66.8 Å². The normalized spacial score (nSPS) is 14.9. The highest BCUT2D eigenvalue weighted by molar-refractivity contribution is 7.98. The average molecular weight is 421 g/mol. The molecule has 0 bridgehead atoms. The summed E-state index contributed by atoms with van der Waals surface area (Å²) in [7, 11) is 0. The molecule has 0 rings (SSSR count). The molecule has 28 heavy (non-hydrogen) atoms. The summed E-state index contributed by atoms with van der Waals surface area (Å²) < 4.78 is 0. The number of aliphatic carboxylic acids is 1. The fourth-order valence-corrected chi connectivity index (χ4v) is 2.42. The summed E-state index contributed by atoms with van der Waals surface area (Å²) in [5.41, 5.74) is 10.6. The van der Waals surface area contributed by atoms with Gasteiger partial charge in [-0.1, -0.05) is 0 Å². The van der Waals surface area contributed by atoms with E-state index in [1.54, 1.807) is 0 Å². The fraction of sp³-hybridized carbons (Fsp3) is 0.667. The molecular weight excluding hydrogens is 394 g/mol. The van der Waals surface area contributed by atoms with E-state index in [1.165, 1.54) is 18.7 Å². The molecule has 0 aliphatic carbocycles. The minimum atomic E-state index is -1.55. The largest absolute Gasteiger partial charge is 0.480 e. The van der Waals surface area contributed by atoms with Crippen LogP contribution in [0, 0.1) is 0 Å². The van der Waals surface area contributed by atoms with Gasteiger partial charge in [0, 0.05) is 0 Å². The first-order valence-corrected chi connectivity index (χ1v) is 9.70. The fourth-order valence-electron chi connectivity index (χ4n) is 1.93. The van der Waals surface area contributed by atoms with Crippen molar-refractivity contribution in [2.45, 2.75) is 43.9 Å². The monoisotopic (exact) mass is 421 g/mol. The van der Waals surface area contributed by atoms with Gasteiger partial charge in [-0.25, -0.2) is 4.79 Å². The molecule has 4 atom stereocenters. The zero-order valence-corrected chi connectivity index (χ0v) is 16.5. The molecule has 0 spiro atoms. The van der Waals surface area contributed by atoms with Crippen molar-refractivity contribution in [1.82, 2.24) is 16.0 Å². The van der Waals surface area contributed by atoms with Gasteiger partial charge in [0.25, 0.3) is 0 Å². The van der Waals surface area contributed by atoms with Crippen molar-refractivity contribution < 1.29 is 34.2 Å². The van der Waals surface area contributed by atoms with Crippen molar-refractivity contribution in [3.8, 4) is 0 Å². The van der Waals surface area contributed by atoms with Gasteiger partial charge in [0.15, 0.2) is 0 Å². The number of hydrogen-bond acceptors (Lipinski definition) is 8. The van der Waals surface area contributed by atoms with Crippen LogP contribution in [0.4, 0.5) is 0 Å². The number of thioether (sulfide) groups is 1. The van der Waals surface area contributed by atoms with Gasteiger partial charge in [0.05, 0.1) is 19.1 Å². The second-order valence-corrected chi connectivity index (χ2v) is 6.92. The Kier molecular flexibility index (Phi) is 11.8. The van der Waals surface area contributed by atoms with Crippen molar-refractivity contribution in [2.75, 3.05) is 18.6 Å². The Morgan fingerprint density at radius 2 is 1.57 bits per heavy atom. The number of amides is 4. The Hall–Kier alpha value is -2.38. The van der Waals surface area contributed by atoms with Crippen LogP contribution in [0.3, 0.4) is 0 Å². The molecule has 12 nitrogen and oxygen atoms in total. The van der Waals surface area contributed by atoms with Gasteiger partial charge in [-0.15, -0.1) is 0 Å². The van der Waals surface area contributed by atoms with Gasteiger partial charge >= 0.3 is 5.97 Å². The third kappa shape index (κ3) is 9.53. The summed E-state index contributed by atoms with van der Waals surface area (Å²) in [6.07, 6.45) is 1.60. The van der Waals surface area contributed by atoms with Crippen molar-refractivity contribution in [3.05, 3.63) is 0 Å². The molecule has 0 saturated heterocycles. The number of carbonyl (C=O) groups excluding carboxylic acids is 4. The zero-order valence-electron chi connectivity index (χ0n) is 15.6. The second-order valence-electron chi connectivity index (χ2n) is 5.93. The molecule has 9 N–H and O–H groups in total. The Morgan fingerprint density at radius 3 is 2.04 bits per heavy atom. The van der Waals surface area contributed by atoms with E-state index in [2.05, 4.69) is 16.0 Å². The third-order valence-corrected chi connectivity index (χ3v) is 4.20. The van der Waals surface area contributed by atoms with Gasteiger partial charge in [-0.2, -0.15) is 11.8 Å². The van der Waals surface area contributed by atoms with E-state index in [1.807, 2.05) is 6.26 Å². The van der Waals surface area contributed by atoms with Gasteiger partial charge in [-0.3, -0.25) is 19.2 Å². The highest BCUT2D eigenvalue weighted by Gasteiger charge is 2.28. The summed E-state index contributed by atoms with van der Waals surface area (Å²) in [5, 5.41) is 24.9. The number of rotatable bonds is 13. The number of carbonyl (C=O) groups is 5. The smallest absolute Gasteiger partial charge is 0.326 e. The maximum Gasteiger partial charge on any atom is 0.326 e. The molecule has 0 radical (unpaired) electrons. The summed E-state index contributed by atoms with van der Waals surface area (Å²) in [4.78, 5) is 58.0. The van der Waals surface area contributed by atoms with Crippen LogP contribution in [-0.2, 0) is 24.0 Å². The van der Waals surface area contributed by atoms with Crippen molar-refractivity contribution in [3.63, 3.8) is 0 Å². The molecule has 0 fully saturated rings. The van der Waals surface area contributed by atoms with Crippen LogP contribution in [-0.4, -0.2) is 82.6 Å². The molecule has 160 valence electrons. The molecular formula is C15H27N5O7S. The lowest BCUT2D eigenvalue weighted by Crippen LogP contribution is -2.57. The summed E-state index contributed by atoms with van der Waals surface area (Å²) in [6, 6.07) is -4.96. The maximum absolute atomic E-state index is 12.2. The van der Waals surface area contributed by atoms with Crippen LogP contribution in [0.1, 0.15) is 19.8 Å². The van der Waals surface area contributed by atoms with Gasteiger partial charge in [-0.05, 0) is 25.4 Å². The first-order valence-electron chi connectivity index (χ1n) is 8.31. The maximum atomic E-state index is 12.2. The van der Waals surface area contributed by atoms with Crippen molar-refractivity contribution in [2.24, 2.45) is 11.5 Å². The van der Waals surface area contributed by atoms with E-state index in [0.29, 0.717) is 12.2 Å². The minimum Gasteiger partial charge on any atom is -0.480 e. The lowest BCUT2D eigenvalue weighted by Gasteiger charge is -2.22. The Bertz CT molecular complexity index is 589. The van der Waals surface area contributed by atoms with Gasteiger partial charge in [0.2, 0.25) is 23.6 Å². The number of nitrogens with two attached hydrogens (primary N) is 2. The van der Waals surface area contributed by atoms with Crippen LogP contribution in [0.15, 0.2) is 0 Å². The lowest BCUT2D eigenvalue weighted by atomic mass is 10.1. The second kappa shape index (κ2) is 12.9. The highest BCUT2D eigenvalue weighted by atomic mass is 32.2. The first-order chi connectivity index (χ1) is 13.0. The summed E-state index contributed by atoms with van der Waals surface area (Å²) >= 11 is 1.50. The van der Waals surface area contributed by atoms with E-state index >= 15 is 0 Å². The molecule has 4 unspecified atom stereocenters. The molecule has 0 aromatic carbocycles. The molecule has 0 aliphatic heterocycles. The average Bonchev–Trinajstić information content (AvgIpc) is 2.62. The van der Waals surface area contributed by atoms with Crippen LogP contribution in [0.2, 0.25) is 0 Å².